The van der Waals surface area contributed by atoms with Crippen LogP contribution in [0.15, 0.2) is 47.6 Å². The van der Waals surface area contributed by atoms with Crippen LogP contribution in [0.3, 0.4) is 0 Å². The summed E-state index contributed by atoms with van der Waals surface area (Å²) in [5.74, 6) is -0.247. The van der Waals surface area contributed by atoms with Gasteiger partial charge in [-0.2, -0.15) is 4.68 Å². The molecule has 10 heteroatoms. The van der Waals surface area contributed by atoms with Crippen LogP contribution in [-0.4, -0.2) is 36.8 Å². The number of aromatic nitrogens is 4. The third kappa shape index (κ3) is 4.47. The van der Waals surface area contributed by atoms with Crippen LogP contribution in [0.5, 0.6) is 0 Å². The van der Waals surface area contributed by atoms with Crippen LogP contribution in [0, 0.1) is 24.0 Å². The quantitative estimate of drug-likeness (QED) is 0.394. The smallest absolute Gasteiger partial charge is 0.271 e. The van der Waals surface area contributed by atoms with Gasteiger partial charge in [0.2, 0.25) is 11.1 Å². The molecule has 0 aliphatic rings. The number of hydrogen-bond acceptors (Lipinski definition) is 7. The maximum atomic E-state index is 12.2. The Kier molecular flexibility index (Phi) is 5.46. The highest BCUT2D eigenvalue weighted by atomic mass is 32.2. The first kappa shape index (κ1) is 18.5. The Labute approximate surface area is 158 Å². The van der Waals surface area contributed by atoms with Gasteiger partial charge in [-0.05, 0) is 53.6 Å². The fourth-order valence-electron chi connectivity index (χ4n) is 2.31. The molecule has 3 aromatic rings. The number of benzene rings is 2. The number of nitro benzene ring substituents is 1. The van der Waals surface area contributed by atoms with Gasteiger partial charge in [-0.3, -0.25) is 14.9 Å². The summed E-state index contributed by atoms with van der Waals surface area (Å²) in [5, 5.41) is 25.5. The zero-order chi connectivity index (χ0) is 19.4. The van der Waals surface area contributed by atoms with E-state index in [9.17, 15) is 14.9 Å². The van der Waals surface area contributed by atoms with Gasteiger partial charge in [0.25, 0.3) is 5.69 Å². The molecule has 3 rings (SSSR count). The summed E-state index contributed by atoms with van der Waals surface area (Å²) in [6, 6.07) is 11.6. The van der Waals surface area contributed by atoms with E-state index in [0.29, 0.717) is 10.8 Å². The minimum Gasteiger partial charge on any atom is -0.325 e. The molecule has 138 valence electrons. The summed E-state index contributed by atoms with van der Waals surface area (Å²) in [7, 11) is 0. The van der Waals surface area contributed by atoms with Gasteiger partial charge in [0.1, 0.15) is 0 Å². The molecule has 2 aromatic carbocycles. The van der Waals surface area contributed by atoms with Crippen LogP contribution in [0.1, 0.15) is 11.1 Å². The van der Waals surface area contributed by atoms with Gasteiger partial charge in [-0.15, -0.1) is 5.10 Å². The van der Waals surface area contributed by atoms with E-state index in [4.69, 9.17) is 0 Å². The van der Waals surface area contributed by atoms with E-state index >= 15 is 0 Å². The molecule has 0 saturated carbocycles. The fraction of sp³-hybridized carbons (Fsp3) is 0.176. The Bertz CT molecular complexity index is 1000. The Balaban J connectivity index is 1.66. The summed E-state index contributed by atoms with van der Waals surface area (Å²) in [6.45, 7) is 4.02. The van der Waals surface area contributed by atoms with Gasteiger partial charge in [-0.25, -0.2) is 0 Å². The normalized spacial score (nSPS) is 10.6. The second-order valence-electron chi connectivity index (χ2n) is 5.79. The number of nitrogens with zero attached hydrogens (tertiary/aromatic N) is 5. The number of anilines is 1. The molecule has 0 bridgehead atoms. The topological polar surface area (TPSA) is 116 Å². The number of aryl methyl sites for hydroxylation is 2. The van der Waals surface area contributed by atoms with Crippen LogP contribution in [0.4, 0.5) is 11.4 Å². The van der Waals surface area contributed by atoms with Gasteiger partial charge < -0.3 is 5.32 Å². The van der Waals surface area contributed by atoms with Crippen LogP contribution in [-0.2, 0) is 4.79 Å². The molecular weight excluding hydrogens is 368 g/mol. The maximum Gasteiger partial charge on any atom is 0.271 e. The number of tetrazole rings is 1. The Morgan fingerprint density at radius 1 is 1.22 bits per heavy atom. The van der Waals surface area contributed by atoms with Crippen molar-refractivity contribution in [2.24, 2.45) is 0 Å². The molecule has 0 saturated heterocycles. The van der Waals surface area contributed by atoms with Crippen molar-refractivity contribution in [3.8, 4) is 5.69 Å². The largest absolute Gasteiger partial charge is 0.325 e. The molecule has 0 aliphatic carbocycles. The summed E-state index contributed by atoms with van der Waals surface area (Å²) in [5.41, 5.74) is 3.37. The SMILES string of the molecule is Cc1ccc(-n2nnnc2SCC(=O)Nc2cccc([N+](=O)[O-])c2)cc1C. The van der Waals surface area contributed by atoms with E-state index < -0.39 is 4.92 Å². The number of nitrogens with one attached hydrogen (secondary N) is 1. The van der Waals surface area contributed by atoms with Gasteiger partial charge in [-0.1, -0.05) is 23.9 Å². The number of hydrogen-bond donors (Lipinski definition) is 1. The first-order valence-electron chi connectivity index (χ1n) is 7.97. The van der Waals surface area contributed by atoms with Crippen molar-refractivity contribution < 1.29 is 9.72 Å². The van der Waals surface area contributed by atoms with E-state index in [1.54, 1.807) is 10.7 Å². The van der Waals surface area contributed by atoms with Crippen molar-refractivity contribution in [1.29, 1.82) is 0 Å². The van der Waals surface area contributed by atoms with E-state index in [1.807, 2.05) is 32.0 Å². The van der Waals surface area contributed by atoms with E-state index in [1.165, 1.54) is 30.0 Å². The van der Waals surface area contributed by atoms with Gasteiger partial charge in [0.15, 0.2) is 0 Å². The molecule has 1 heterocycles. The summed E-state index contributed by atoms with van der Waals surface area (Å²) in [4.78, 5) is 22.4. The third-order valence-corrected chi connectivity index (χ3v) is 4.77. The molecule has 1 amide bonds. The third-order valence-electron chi connectivity index (χ3n) is 3.85. The standard InChI is InChI=1S/C17H16N6O3S/c1-11-6-7-14(8-12(11)2)22-17(19-20-21-22)27-10-16(24)18-13-4-3-5-15(9-13)23(25)26/h3-9H,10H2,1-2H3,(H,18,24). The predicted octanol–water partition coefficient (Wildman–Crippen LogP) is 2.92. The van der Waals surface area contributed by atoms with Crippen LogP contribution < -0.4 is 5.32 Å². The van der Waals surface area contributed by atoms with Crippen LogP contribution >= 0.6 is 11.8 Å². The lowest BCUT2D eigenvalue weighted by Crippen LogP contribution is -2.14. The van der Waals surface area contributed by atoms with Crippen molar-refractivity contribution in [2.75, 3.05) is 11.1 Å². The molecule has 1 aromatic heterocycles. The average Bonchev–Trinajstić information content (AvgIpc) is 3.11. The molecule has 9 nitrogen and oxygen atoms in total. The average molecular weight is 384 g/mol. The summed E-state index contributed by atoms with van der Waals surface area (Å²) >= 11 is 1.18. The van der Waals surface area contributed by atoms with E-state index in [0.717, 1.165) is 16.8 Å². The minimum absolute atomic E-state index is 0.0634. The zero-order valence-corrected chi connectivity index (χ0v) is 15.4. The molecule has 1 N–H and O–H groups in total. The second-order valence-corrected chi connectivity index (χ2v) is 6.73. The van der Waals surface area contributed by atoms with Crippen molar-refractivity contribution in [3.05, 3.63) is 63.7 Å². The van der Waals surface area contributed by atoms with E-state index in [2.05, 4.69) is 20.8 Å². The highest BCUT2D eigenvalue weighted by Gasteiger charge is 2.13. The Morgan fingerprint density at radius 2 is 2.04 bits per heavy atom. The van der Waals surface area contributed by atoms with Crippen molar-refractivity contribution in [1.82, 2.24) is 20.2 Å². The minimum atomic E-state index is -0.512. The lowest BCUT2D eigenvalue weighted by molar-refractivity contribution is -0.384. The first-order valence-corrected chi connectivity index (χ1v) is 8.96. The van der Waals surface area contributed by atoms with Gasteiger partial charge in [0.05, 0.1) is 16.4 Å². The number of carbonyl (C=O) groups is 1. The molecule has 0 unspecified atom stereocenters. The molecule has 0 atom stereocenters. The molecule has 0 fully saturated rings. The second kappa shape index (κ2) is 7.96. The first-order chi connectivity index (χ1) is 12.9. The van der Waals surface area contributed by atoms with Crippen LogP contribution in [0.2, 0.25) is 0 Å². The van der Waals surface area contributed by atoms with Gasteiger partial charge in [0, 0.05) is 17.8 Å². The number of amides is 1. The lowest BCUT2D eigenvalue weighted by atomic mass is 10.1. The summed E-state index contributed by atoms with van der Waals surface area (Å²) < 4.78 is 1.57. The number of nitro groups is 1. The zero-order valence-electron chi connectivity index (χ0n) is 14.6. The molecule has 0 aliphatic heterocycles. The van der Waals surface area contributed by atoms with Crippen molar-refractivity contribution in [3.63, 3.8) is 0 Å². The highest BCUT2D eigenvalue weighted by molar-refractivity contribution is 7.99. The number of non-ortho nitro benzene ring substituents is 1. The van der Waals surface area contributed by atoms with E-state index in [-0.39, 0.29) is 17.3 Å². The highest BCUT2D eigenvalue weighted by Crippen LogP contribution is 2.21. The number of carbonyl (C=O) groups excluding carboxylic acids is 1. The molecule has 27 heavy (non-hydrogen) atoms. The lowest BCUT2D eigenvalue weighted by Gasteiger charge is -2.07. The maximum absolute atomic E-state index is 12.2. The Hall–Kier alpha value is -3.27. The molecule has 0 spiro atoms. The predicted molar refractivity (Wildman–Crippen MR) is 101 cm³/mol. The monoisotopic (exact) mass is 384 g/mol. The van der Waals surface area contributed by atoms with Gasteiger partial charge >= 0.3 is 0 Å². The number of thioether (sulfide) groups is 1. The van der Waals surface area contributed by atoms with Crippen molar-refractivity contribution >= 4 is 29.0 Å². The van der Waals surface area contributed by atoms with Crippen LogP contribution in [0.25, 0.3) is 5.69 Å². The fourth-order valence-corrected chi connectivity index (χ4v) is 3.00. The number of rotatable bonds is 6. The van der Waals surface area contributed by atoms with Crippen molar-refractivity contribution in [2.45, 2.75) is 19.0 Å². The summed E-state index contributed by atoms with van der Waals surface area (Å²) in [6.07, 6.45) is 0. The molecule has 0 radical (unpaired) electrons. The Morgan fingerprint density at radius 3 is 2.78 bits per heavy atom. The molecular formula is C17H16N6O3S.